The second-order valence-electron chi connectivity index (χ2n) is 6.00. The SMILES string of the molecule is CNS(=O)(=O)c1cc(NC(=O)CCCOc2ccc(C)cc2)ccc1C. The van der Waals surface area contributed by atoms with Gasteiger partial charge in [0.2, 0.25) is 15.9 Å². The summed E-state index contributed by atoms with van der Waals surface area (Å²) in [5.74, 6) is 0.589. The van der Waals surface area contributed by atoms with Crippen molar-refractivity contribution >= 4 is 21.6 Å². The fraction of sp³-hybridized carbons (Fsp3) is 0.316. The van der Waals surface area contributed by atoms with Crippen LogP contribution in [0.1, 0.15) is 24.0 Å². The number of hydrogen-bond donors (Lipinski definition) is 2. The first kappa shape index (κ1) is 19.9. The van der Waals surface area contributed by atoms with Gasteiger partial charge in [0.25, 0.3) is 0 Å². The Balaban J connectivity index is 1.86. The summed E-state index contributed by atoms with van der Waals surface area (Å²) < 4.78 is 31.8. The fourth-order valence-electron chi connectivity index (χ4n) is 2.36. The van der Waals surface area contributed by atoms with Crippen molar-refractivity contribution in [3.63, 3.8) is 0 Å². The number of anilines is 1. The number of nitrogens with one attached hydrogen (secondary N) is 2. The fourth-order valence-corrected chi connectivity index (χ4v) is 3.35. The van der Waals surface area contributed by atoms with Crippen LogP contribution in [0.4, 0.5) is 5.69 Å². The van der Waals surface area contributed by atoms with E-state index < -0.39 is 10.0 Å². The van der Waals surface area contributed by atoms with Gasteiger partial charge in [-0.3, -0.25) is 4.79 Å². The number of amides is 1. The molecule has 1 amide bonds. The Morgan fingerprint density at radius 3 is 2.42 bits per heavy atom. The van der Waals surface area contributed by atoms with E-state index in [4.69, 9.17) is 4.74 Å². The van der Waals surface area contributed by atoms with E-state index in [0.29, 0.717) is 24.3 Å². The summed E-state index contributed by atoms with van der Waals surface area (Å²) in [5.41, 5.74) is 2.23. The van der Waals surface area contributed by atoms with Crippen molar-refractivity contribution in [3.8, 4) is 5.75 Å². The highest BCUT2D eigenvalue weighted by atomic mass is 32.2. The van der Waals surface area contributed by atoms with Crippen LogP contribution in [0.2, 0.25) is 0 Å². The minimum atomic E-state index is -3.56. The Labute approximate surface area is 154 Å². The average molecular weight is 376 g/mol. The maximum Gasteiger partial charge on any atom is 0.240 e. The quantitative estimate of drug-likeness (QED) is 0.694. The van der Waals surface area contributed by atoms with Gasteiger partial charge in [0.1, 0.15) is 5.75 Å². The molecule has 0 saturated heterocycles. The highest BCUT2D eigenvalue weighted by Gasteiger charge is 2.15. The number of benzene rings is 2. The van der Waals surface area contributed by atoms with Crippen molar-refractivity contribution in [2.24, 2.45) is 0 Å². The number of carbonyl (C=O) groups is 1. The van der Waals surface area contributed by atoms with Crippen LogP contribution in [0.3, 0.4) is 0 Å². The minimum absolute atomic E-state index is 0.153. The van der Waals surface area contributed by atoms with Crippen molar-refractivity contribution in [1.82, 2.24) is 4.72 Å². The van der Waals surface area contributed by atoms with E-state index in [1.165, 1.54) is 13.1 Å². The number of ether oxygens (including phenoxy) is 1. The number of carbonyl (C=O) groups excluding carboxylic acids is 1. The van der Waals surface area contributed by atoms with E-state index >= 15 is 0 Å². The van der Waals surface area contributed by atoms with E-state index in [0.717, 1.165) is 11.3 Å². The molecular formula is C19H24N2O4S. The van der Waals surface area contributed by atoms with E-state index in [2.05, 4.69) is 10.0 Å². The van der Waals surface area contributed by atoms with Gasteiger partial charge in [-0.05, 0) is 57.1 Å². The van der Waals surface area contributed by atoms with Crippen LogP contribution in [0.5, 0.6) is 5.75 Å². The van der Waals surface area contributed by atoms with Crippen LogP contribution in [0.15, 0.2) is 47.4 Å². The maximum absolute atomic E-state index is 12.1. The summed E-state index contributed by atoms with van der Waals surface area (Å²) in [6.45, 7) is 4.15. The van der Waals surface area contributed by atoms with E-state index in [1.54, 1.807) is 19.1 Å². The van der Waals surface area contributed by atoms with Gasteiger partial charge in [0.15, 0.2) is 0 Å². The molecule has 2 N–H and O–H groups in total. The molecular weight excluding hydrogens is 352 g/mol. The molecule has 0 aliphatic carbocycles. The number of hydrogen-bond acceptors (Lipinski definition) is 4. The summed E-state index contributed by atoms with van der Waals surface area (Å²) in [4.78, 5) is 12.2. The smallest absolute Gasteiger partial charge is 0.240 e. The first-order valence-corrected chi connectivity index (χ1v) is 9.83. The third-order valence-electron chi connectivity index (χ3n) is 3.87. The van der Waals surface area contributed by atoms with Crippen LogP contribution in [0.25, 0.3) is 0 Å². The summed E-state index contributed by atoms with van der Waals surface area (Å²) >= 11 is 0. The lowest BCUT2D eigenvalue weighted by molar-refractivity contribution is -0.116. The zero-order valence-corrected chi connectivity index (χ0v) is 16.0. The molecule has 0 fully saturated rings. The van der Waals surface area contributed by atoms with Crippen LogP contribution < -0.4 is 14.8 Å². The lowest BCUT2D eigenvalue weighted by atomic mass is 10.2. The summed E-state index contributed by atoms with van der Waals surface area (Å²) in [6.07, 6.45) is 0.848. The van der Waals surface area contributed by atoms with Gasteiger partial charge in [-0.25, -0.2) is 13.1 Å². The Hall–Kier alpha value is -2.38. The molecule has 0 aromatic heterocycles. The number of rotatable bonds is 8. The zero-order valence-electron chi connectivity index (χ0n) is 15.2. The molecule has 0 atom stereocenters. The Bertz CT molecular complexity index is 862. The van der Waals surface area contributed by atoms with Crippen molar-refractivity contribution < 1.29 is 17.9 Å². The molecule has 0 bridgehead atoms. The normalized spacial score (nSPS) is 11.2. The molecule has 0 unspecified atom stereocenters. The summed E-state index contributed by atoms with van der Waals surface area (Å²) in [5, 5.41) is 2.73. The van der Waals surface area contributed by atoms with E-state index in [1.807, 2.05) is 31.2 Å². The molecule has 0 aliphatic heterocycles. The highest BCUT2D eigenvalue weighted by molar-refractivity contribution is 7.89. The Kier molecular flexibility index (Phi) is 6.76. The van der Waals surface area contributed by atoms with Crippen molar-refractivity contribution in [2.45, 2.75) is 31.6 Å². The van der Waals surface area contributed by atoms with Crippen LogP contribution in [0, 0.1) is 13.8 Å². The lowest BCUT2D eigenvalue weighted by Gasteiger charge is -2.11. The predicted octanol–water partition coefficient (Wildman–Crippen LogP) is 3.01. The van der Waals surface area contributed by atoms with Gasteiger partial charge in [-0.1, -0.05) is 23.8 Å². The standard InChI is InChI=1S/C19H24N2O4S/c1-14-6-10-17(11-7-14)25-12-4-5-19(22)21-16-9-8-15(2)18(13-16)26(23,24)20-3/h6-11,13,20H,4-5,12H2,1-3H3,(H,21,22). The molecule has 0 saturated carbocycles. The first-order chi connectivity index (χ1) is 12.3. The monoisotopic (exact) mass is 376 g/mol. The maximum atomic E-state index is 12.1. The molecule has 0 radical (unpaired) electrons. The molecule has 2 rings (SSSR count). The van der Waals surface area contributed by atoms with E-state index in [9.17, 15) is 13.2 Å². The summed E-state index contributed by atoms with van der Waals surface area (Å²) in [6, 6.07) is 12.5. The molecule has 140 valence electrons. The molecule has 2 aromatic carbocycles. The molecule has 0 aliphatic rings. The zero-order chi connectivity index (χ0) is 19.2. The van der Waals surface area contributed by atoms with Crippen LogP contribution in [-0.2, 0) is 14.8 Å². The minimum Gasteiger partial charge on any atom is -0.494 e. The van der Waals surface area contributed by atoms with Crippen molar-refractivity contribution in [3.05, 3.63) is 53.6 Å². The molecule has 2 aromatic rings. The van der Waals surface area contributed by atoms with E-state index in [-0.39, 0.29) is 17.2 Å². The van der Waals surface area contributed by atoms with Crippen molar-refractivity contribution in [1.29, 1.82) is 0 Å². The van der Waals surface area contributed by atoms with Gasteiger partial charge < -0.3 is 10.1 Å². The van der Waals surface area contributed by atoms with Gasteiger partial charge in [0, 0.05) is 12.1 Å². The average Bonchev–Trinajstić information content (AvgIpc) is 2.61. The predicted molar refractivity (Wildman–Crippen MR) is 102 cm³/mol. The third-order valence-corrected chi connectivity index (χ3v) is 5.42. The van der Waals surface area contributed by atoms with Crippen molar-refractivity contribution in [2.75, 3.05) is 19.0 Å². The molecule has 0 heterocycles. The van der Waals surface area contributed by atoms with Gasteiger partial charge >= 0.3 is 0 Å². The number of aryl methyl sites for hydroxylation is 2. The molecule has 7 heteroatoms. The largest absolute Gasteiger partial charge is 0.494 e. The Morgan fingerprint density at radius 1 is 1.08 bits per heavy atom. The first-order valence-electron chi connectivity index (χ1n) is 8.35. The van der Waals surface area contributed by atoms with Crippen LogP contribution in [-0.4, -0.2) is 28.0 Å². The van der Waals surface area contributed by atoms with Gasteiger partial charge in [0.05, 0.1) is 11.5 Å². The molecule has 0 spiro atoms. The molecule has 26 heavy (non-hydrogen) atoms. The second-order valence-corrected chi connectivity index (χ2v) is 7.86. The third kappa shape index (κ3) is 5.57. The topological polar surface area (TPSA) is 84.5 Å². The summed E-state index contributed by atoms with van der Waals surface area (Å²) in [7, 11) is -2.21. The van der Waals surface area contributed by atoms with Gasteiger partial charge in [-0.2, -0.15) is 0 Å². The highest BCUT2D eigenvalue weighted by Crippen LogP contribution is 2.20. The molecule has 6 nitrogen and oxygen atoms in total. The van der Waals surface area contributed by atoms with Crippen LogP contribution >= 0.6 is 0 Å². The van der Waals surface area contributed by atoms with Gasteiger partial charge in [-0.15, -0.1) is 0 Å². The Morgan fingerprint density at radius 2 is 1.77 bits per heavy atom. The number of sulfonamides is 1. The lowest BCUT2D eigenvalue weighted by Crippen LogP contribution is -2.20. The second kappa shape index (κ2) is 8.82.